The van der Waals surface area contributed by atoms with Crippen LogP contribution < -0.4 is 0 Å². The van der Waals surface area contributed by atoms with E-state index in [4.69, 9.17) is 11.6 Å². The standard InChI is InChI=1S/C9H4ClN3O/c10-9-8-7(12-5-13-9)6(4-11-8)2-1-3-14/h3-5,11H. The number of carbonyl (C=O) groups is 1. The van der Waals surface area contributed by atoms with Crippen LogP contribution in [-0.4, -0.2) is 21.2 Å². The molecule has 4 nitrogen and oxygen atoms in total. The van der Waals surface area contributed by atoms with Gasteiger partial charge in [-0.25, -0.2) is 9.97 Å². The van der Waals surface area contributed by atoms with E-state index in [9.17, 15) is 4.79 Å². The fourth-order valence-electron chi connectivity index (χ4n) is 1.11. The van der Waals surface area contributed by atoms with Crippen molar-refractivity contribution in [3.63, 3.8) is 0 Å². The first-order valence-corrected chi connectivity index (χ1v) is 4.13. The fraction of sp³-hybridized carbons (Fsp3) is 0. The molecule has 14 heavy (non-hydrogen) atoms. The highest BCUT2D eigenvalue weighted by molar-refractivity contribution is 6.33. The first kappa shape index (κ1) is 8.73. The molecule has 2 aromatic rings. The molecule has 0 atom stereocenters. The predicted octanol–water partition coefficient (Wildman–Crippen LogP) is 1.16. The van der Waals surface area contributed by atoms with Crippen molar-refractivity contribution in [3.8, 4) is 11.8 Å². The molecule has 2 aromatic heterocycles. The maximum absolute atomic E-state index is 10.1. The summed E-state index contributed by atoms with van der Waals surface area (Å²) in [6.45, 7) is 0. The molecule has 0 saturated carbocycles. The van der Waals surface area contributed by atoms with Crippen LogP contribution in [0, 0.1) is 11.8 Å². The van der Waals surface area contributed by atoms with E-state index in [-0.39, 0.29) is 0 Å². The molecule has 0 bridgehead atoms. The highest BCUT2D eigenvalue weighted by Crippen LogP contribution is 2.19. The van der Waals surface area contributed by atoms with Gasteiger partial charge in [0.15, 0.2) is 11.4 Å². The topological polar surface area (TPSA) is 58.6 Å². The van der Waals surface area contributed by atoms with E-state index in [0.29, 0.717) is 28.0 Å². The molecule has 0 radical (unpaired) electrons. The molecule has 0 amide bonds. The lowest BCUT2D eigenvalue weighted by Gasteiger charge is -1.90. The Labute approximate surface area is 84.3 Å². The van der Waals surface area contributed by atoms with E-state index in [0.717, 1.165) is 0 Å². The third kappa shape index (κ3) is 1.34. The lowest BCUT2D eigenvalue weighted by molar-refractivity contribution is -0.103. The van der Waals surface area contributed by atoms with Crippen molar-refractivity contribution in [2.75, 3.05) is 0 Å². The second-order valence-electron chi connectivity index (χ2n) is 2.48. The lowest BCUT2D eigenvalue weighted by Crippen LogP contribution is -1.81. The first-order chi connectivity index (χ1) is 6.83. The minimum Gasteiger partial charge on any atom is -0.356 e. The second kappa shape index (κ2) is 3.48. The number of rotatable bonds is 0. The van der Waals surface area contributed by atoms with Crippen molar-refractivity contribution in [1.82, 2.24) is 15.0 Å². The van der Waals surface area contributed by atoms with E-state index in [2.05, 4.69) is 26.8 Å². The fourth-order valence-corrected chi connectivity index (χ4v) is 1.30. The summed E-state index contributed by atoms with van der Waals surface area (Å²) in [4.78, 5) is 20.8. The molecule has 0 aliphatic carbocycles. The molecule has 0 aliphatic heterocycles. The summed E-state index contributed by atoms with van der Waals surface area (Å²) >= 11 is 5.80. The molecule has 0 spiro atoms. The van der Waals surface area contributed by atoms with Crippen LogP contribution in [0.2, 0.25) is 5.15 Å². The van der Waals surface area contributed by atoms with Crippen LogP contribution in [0.4, 0.5) is 0 Å². The van der Waals surface area contributed by atoms with Crippen molar-refractivity contribution in [3.05, 3.63) is 23.2 Å². The van der Waals surface area contributed by atoms with Crippen LogP contribution in [0.25, 0.3) is 11.0 Å². The first-order valence-electron chi connectivity index (χ1n) is 3.75. The van der Waals surface area contributed by atoms with Crippen LogP contribution in [0.3, 0.4) is 0 Å². The van der Waals surface area contributed by atoms with E-state index >= 15 is 0 Å². The average Bonchev–Trinajstić information content (AvgIpc) is 2.60. The zero-order valence-electron chi connectivity index (χ0n) is 6.91. The van der Waals surface area contributed by atoms with Gasteiger partial charge in [-0.1, -0.05) is 17.5 Å². The largest absolute Gasteiger partial charge is 0.356 e. The zero-order valence-corrected chi connectivity index (χ0v) is 7.67. The molecule has 0 saturated heterocycles. The smallest absolute Gasteiger partial charge is 0.193 e. The number of nitrogens with zero attached hydrogens (tertiary/aromatic N) is 2. The van der Waals surface area contributed by atoms with Gasteiger partial charge in [0.05, 0.1) is 5.56 Å². The number of H-pyrrole nitrogens is 1. The van der Waals surface area contributed by atoms with Crippen LogP contribution in [-0.2, 0) is 4.79 Å². The van der Waals surface area contributed by atoms with Crippen LogP contribution in [0.15, 0.2) is 12.5 Å². The molecule has 0 unspecified atom stereocenters. The molecular formula is C9H4ClN3O. The molecule has 0 aliphatic rings. The van der Waals surface area contributed by atoms with Gasteiger partial charge in [-0.3, -0.25) is 4.79 Å². The second-order valence-corrected chi connectivity index (χ2v) is 2.84. The van der Waals surface area contributed by atoms with E-state index < -0.39 is 0 Å². The molecule has 68 valence electrons. The molecular weight excluding hydrogens is 202 g/mol. The minimum absolute atomic E-state index is 0.342. The normalized spacial score (nSPS) is 9.50. The van der Waals surface area contributed by atoms with Crippen LogP contribution >= 0.6 is 11.6 Å². The van der Waals surface area contributed by atoms with Crippen LogP contribution in [0.5, 0.6) is 0 Å². The highest BCUT2D eigenvalue weighted by atomic mass is 35.5. The Morgan fingerprint density at radius 2 is 2.36 bits per heavy atom. The summed E-state index contributed by atoms with van der Waals surface area (Å²) in [5.41, 5.74) is 1.89. The summed E-state index contributed by atoms with van der Waals surface area (Å²) < 4.78 is 0. The Morgan fingerprint density at radius 3 is 3.14 bits per heavy atom. The van der Waals surface area contributed by atoms with Crippen molar-refractivity contribution >= 4 is 28.9 Å². The van der Waals surface area contributed by atoms with E-state index in [1.807, 2.05) is 0 Å². The summed E-state index contributed by atoms with van der Waals surface area (Å²) in [7, 11) is 0. The van der Waals surface area contributed by atoms with Gasteiger partial charge in [0.25, 0.3) is 0 Å². The molecule has 2 rings (SSSR count). The van der Waals surface area contributed by atoms with Gasteiger partial charge >= 0.3 is 0 Å². The van der Waals surface area contributed by atoms with Crippen molar-refractivity contribution in [1.29, 1.82) is 0 Å². The number of hydrogen-bond donors (Lipinski definition) is 1. The maximum atomic E-state index is 10.1. The van der Waals surface area contributed by atoms with E-state index in [1.165, 1.54) is 6.33 Å². The highest BCUT2D eigenvalue weighted by Gasteiger charge is 2.05. The van der Waals surface area contributed by atoms with Gasteiger partial charge in [-0.05, 0) is 5.92 Å². The minimum atomic E-state index is 0.342. The number of fused-ring (bicyclic) bond motifs is 1. The molecule has 5 heteroatoms. The molecule has 0 fully saturated rings. The number of halogens is 1. The van der Waals surface area contributed by atoms with Gasteiger partial charge in [0.1, 0.15) is 17.4 Å². The Balaban J connectivity index is 2.69. The summed E-state index contributed by atoms with van der Waals surface area (Å²) in [6, 6.07) is 0. The van der Waals surface area contributed by atoms with Gasteiger partial charge < -0.3 is 4.98 Å². The summed E-state index contributed by atoms with van der Waals surface area (Å²) in [5, 5.41) is 0.342. The maximum Gasteiger partial charge on any atom is 0.193 e. The number of aromatic nitrogens is 3. The van der Waals surface area contributed by atoms with Crippen molar-refractivity contribution in [2.45, 2.75) is 0 Å². The monoisotopic (exact) mass is 205 g/mol. The molecule has 1 N–H and O–H groups in total. The Kier molecular flexibility index (Phi) is 2.17. The average molecular weight is 206 g/mol. The number of carbonyl (C=O) groups excluding carboxylic acids is 1. The Bertz CT molecular complexity index is 550. The Hall–Kier alpha value is -1.86. The number of hydrogen-bond acceptors (Lipinski definition) is 3. The molecule has 2 heterocycles. The predicted molar refractivity (Wildman–Crippen MR) is 51.8 cm³/mol. The SMILES string of the molecule is O=CC#Cc1c[nH]c2c(Cl)ncnc12. The third-order valence-corrected chi connectivity index (χ3v) is 1.97. The van der Waals surface area contributed by atoms with Crippen molar-refractivity contribution in [2.24, 2.45) is 0 Å². The van der Waals surface area contributed by atoms with Crippen LogP contribution in [0.1, 0.15) is 5.56 Å². The number of aromatic amines is 1. The number of aldehydes is 1. The van der Waals surface area contributed by atoms with Gasteiger partial charge in [-0.15, -0.1) is 0 Å². The summed E-state index contributed by atoms with van der Waals surface area (Å²) in [5.74, 6) is 4.95. The molecule has 0 aromatic carbocycles. The third-order valence-electron chi connectivity index (χ3n) is 1.68. The van der Waals surface area contributed by atoms with Crippen molar-refractivity contribution < 1.29 is 4.79 Å². The van der Waals surface area contributed by atoms with E-state index in [1.54, 1.807) is 6.20 Å². The van der Waals surface area contributed by atoms with Gasteiger partial charge in [0.2, 0.25) is 0 Å². The zero-order chi connectivity index (χ0) is 9.97. The summed E-state index contributed by atoms with van der Waals surface area (Å²) in [6.07, 6.45) is 3.52. The van der Waals surface area contributed by atoms with Gasteiger partial charge in [0, 0.05) is 6.20 Å². The Morgan fingerprint density at radius 1 is 1.50 bits per heavy atom. The number of nitrogens with one attached hydrogen (secondary N) is 1. The quantitative estimate of drug-likeness (QED) is 0.399. The lowest BCUT2D eigenvalue weighted by atomic mass is 10.3. The van der Waals surface area contributed by atoms with Gasteiger partial charge in [-0.2, -0.15) is 0 Å².